The number of hydrogen-bond acceptors (Lipinski definition) is 4. The maximum absolute atomic E-state index is 12.3. The molecule has 2 rings (SSSR count). The number of amides is 1. The van der Waals surface area contributed by atoms with Crippen LogP contribution in [0.5, 0.6) is 0 Å². The number of aromatic nitrogens is 1. The molecule has 1 aliphatic heterocycles. The number of nitrogens with zero attached hydrogens (tertiary/aromatic N) is 2. The second-order valence-corrected chi connectivity index (χ2v) is 4.39. The minimum atomic E-state index is -0.0507. The zero-order valence-corrected chi connectivity index (χ0v) is 10.8. The van der Waals surface area contributed by atoms with Crippen molar-refractivity contribution >= 4 is 11.6 Å². The third kappa shape index (κ3) is 2.79. The van der Waals surface area contributed by atoms with Gasteiger partial charge in [-0.15, -0.1) is 0 Å². The van der Waals surface area contributed by atoms with Crippen LogP contribution in [0.25, 0.3) is 0 Å². The van der Waals surface area contributed by atoms with Crippen LogP contribution in [0, 0.1) is 0 Å². The molecule has 1 aromatic rings. The minimum absolute atomic E-state index is 0.0507. The van der Waals surface area contributed by atoms with Gasteiger partial charge < -0.3 is 15.0 Å². The highest BCUT2D eigenvalue weighted by molar-refractivity contribution is 5.93. The minimum Gasteiger partial charge on any atom is -0.385 e. The van der Waals surface area contributed by atoms with E-state index in [4.69, 9.17) is 4.74 Å². The average Bonchev–Trinajstić information content (AvgIpc) is 2.91. The molecule has 5 nitrogen and oxygen atoms in total. The highest BCUT2D eigenvalue weighted by atomic mass is 16.5. The first-order valence-corrected chi connectivity index (χ1v) is 6.27. The maximum atomic E-state index is 12.3. The Balaban J connectivity index is 2.09. The van der Waals surface area contributed by atoms with Crippen molar-refractivity contribution in [1.29, 1.82) is 0 Å². The number of anilines is 1. The van der Waals surface area contributed by atoms with Gasteiger partial charge in [-0.1, -0.05) is 0 Å². The molecular formula is C13H19N3O2. The molecular weight excluding hydrogens is 230 g/mol. The lowest BCUT2D eigenvalue weighted by molar-refractivity contribution is 0.0705. The van der Waals surface area contributed by atoms with Crippen LogP contribution >= 0.6 is 0 Å². The van der Waals surface area contributed by atoms with Gasteiger partial charge in [0, 0.05) is 32.1 Å². The normalized spacial score (nSPS) is 18.7. The molecule has 1 amide bonds. The molecule has 1 atom stereocenters. The number of pyridine rings is 1. The molecule has 1 aliphatic rings. The van der Waals surface area contributed by atoms with Crippen LogP contribution in [0.1, 0.15) is 23.8 Å². The molecule has 0 aromatic carbocycles. The van der Waals surface area contributed by atoms with Crippen LogP contribution in [-0.2, 0) is 4.74 Å². The summed E-state index contributed by atoms with van der Waals surface area (Å²) in [4.78, 5) is 18.1. The standard InChI is InChI=1S/C13H19N3O2/c1-3-14-10-4-6-15-12(8-10)13(17)16(2)11-5-7-18-9-11/h4,6,8,11H,3,5,7,9H2,1-2H3,(H,14,15). The SMILES string of the molecule is CCNc1ccnc(C(=O)N(C)C2CCOC2)c1. The lowest BCUT2D eigenvalue weighted by Crippen LogP contribution is -2.37. The van der Waals surface area contributed by atoms with E-state index in [1.54, 1.807) is 17.2 Å². The Morgan fingerprint density at radius 3 is 3.17 bits per heavy atom. The number of hydrogen-bond donors (Lipinski definition) is 1. The molecule has 0 spiro atoms. The van der Waals surface area contributed by atoms with Crippen molar-refractivity contribution in [3.8, 4) is 0 Å². The van der Waals surface area contributed by atoms with Gasteiger partial charge in [-0.25, -0.2) is 0 Å². The molecule has 0 aliphatic carbocycles. The highest BCUT2D eigenvalue weighted by Gasteiger charge is 2.25. The number of carbonyl (C=O) groups is 1. The summed E-state index contributed by atoms with van der Waals surface area (Å²) in [5.74, 6) is -0.0507. The summed E-state index contributed by atoms with van der Waals surface area (Å²) in [6.45, 7) is 4.19. The van der Waals surface area contributed by atoms with E-state index in [1.165, 1.54) is 0 Å². The molecule has 0 saturated carbocycles. The number of likely N-dealkylation sites (N-methyl/N-ethyl adjacent to an activating group) is 1. The zero-order chi connectivity index (χ0) is 13.0. The van der Waals surface area contributed by atoms with E-state index >= 15 is 0 Å². The van der Waals surface area contributed by atoms with Crippen molar-refractivity contribution in [3.05, 3.63) is 24.0 Å². The van der Waals surface area contributed by atoms with Crippen molar-refractivity contribution in [2.24, 2.45) is 0 Å². The maximum Gasteiger partial charge on any atom is 0.272 e. The summed E-state index contributed by atoms with van der Waals surface area (Å²) in [5.41, 5.74) is 1.40. The van der Waals surface area contributed by atoms with Gasteiger partial charge >= 0.3 is 0 Å². The summed E-state index contributed by atoms with van der Waals surface area (Å²) in [6.07, 6.45) is 2.55. The molecule has 0 radical (unpaired) electrons. The quantitative estimate of drug-likeness (QED) is 0.875. The smallest absolute Gasteiger partial charge is 0.272 e. The lowest BCUT2D eigenvalue weighted by Gasteiger charge is -2.22. The molecule has 1 saturated heterocycles. The Bertz CT molecular complexity index is 416. The first-order valence-electron chi connectivity index (χ1n) is 6.27. The molecule has 1 aromatic heterocycles. The van der Waals surface area contributed by atoms with Crippen LogP contribution in [0.2, 0.25) is 0 Å². The Kier molecular flexibility index (Phi) is 4.15. The van der Waals surface area contributed by atoms with Crippen LogP contribution < -0.4 is 5.32 Å². The molecule has 1 fully saturated rings. The van der Waals surface area contributed by atoms with Gasteiger partial charge in [0.2, 0.25) is 0 Å². The fraction of sp³-hybridized carbons (Fsp3) is 0.538. The highest BCUT2D eigenvalue weighted by Crippen LogP contribution is 2.15. The van der Waals surface area contributed by atoms with Crippen molar-refractivity contribution < 1.29 is 9.53 Å². The Morgan fingerprint density at radius 2 is 2.50 bits per heavy atom. The molecule has 98 valence electrons. The monoisotopic (exact) mass is 249 g/mol. The van der Waals surface area contributed by atoms with Crippen LogP contribution in [-0.4, -0.2) is 48.6 Å². The first kappa shape index (κ1) is 12.8. The molecule has 1 N–H and O–H groups in total. The van der Waals surface area contributed by atoms with E-state index in [2.05, 4.69) is 10.3 Å². The van der Waals surface area contributed by atoms with Crippen molar-refractivity contribution in [1.82, 2.24) is 9.88 Å². The van der Waals surface area contributed by atoms with Crippen molar-refractivity contribution in [2.75, 3.05) is 32.1 Å². The largest absolute Gasteiger partial charge is 0.385 e. The summed E-state index contributed by atoms with van der Waals surface area (Å²) in [5, 5.41) is 3.18. The molecule has 5 heteroatoms. The summed E-state index contributed by atoms with van der Waals surface area (Å²) >= 11 is 0. The van der Waals surface area contributed by atoms with E-state index < -0.39 is 0 Å². The number of nitrogens with one attached hydrogen (secondary N) is 1. The number of carbonyl (C=O) groups excluding carboxylic acids is 1. The van der Waals surface area contributed by atoms with Crippen molar-refractivity contribution in [3.63, 3.8) is 0 Å². The Labute approximate surface area is 107 Å². The van der Waals surface area contributed by atoms with E-state index in [0.717, 1.165) is 25.3 Å². The molecule has 1 unspecified atom stereocenters. The van der Waals surface area contributed by atoms with E-state index in [9.17, 15) is 4.79 Å². The van der Waals surface area contributed by atoms with Gasteiger partial charge in [-0.3, -0.25) is 9.78 Å². The number of rotatable bonds is 4. The van der Waals surface area contributed by atoms with Crippen molar-refractivity contribution in [2.45, 2.75) is 19.4 Å². The van der Waals surface area contributed by atoms with Gasteiger partial charge in [-0.2, -0.15) is 0 Å². The predicted octanol–water partition coefficient (Wildman–Crippen LogP) is 1.37. The lowest BCUT2D eigenvalue weighted by atomic mass is 10.2. The van der Waals surface area contributed by atoms with Crippen LogP contribution in [0.4, 0.5) is 5.69 Å². The topological polar surface area (TPSA) is 54.5 Å². The zero-order valence-electron chi connectivity index (χ0n) is 10.8. The predicted molar refractivity (Wildman–Crippen MR) is 69.7 cm³/mol. The van der Waals surface area contributed by atoms with Gasteiger partial charge in [0.1, 0.15) is 5.69 Å². The average molecular weight is 249 g/mol. The van der Waals surface area contributed by atoms with E-state index in [0.29, 0.717) is 12.3 Å². The third-order valence-corrected chi connectivity index (χ3v) is 3.13. The molecule has 0 bridgehead atoms. The van der Waals surface area contributed by atoms with Gasteiger partial charge in [-0.05, 0) is 25.5 Å². The fourth-order valence-corrected chi connectivity index (χ4v) is 2.04. The molecule has 2 heterocycles. The second-order valence-electron chi connectivity index (χ2n) is 4.39. The van der Waals surface area contributed by atoms with E-state index in [-0.39, 0.29) is 11.9 Å². The Hall–Kier alpha value is -1.62. The summed E-state index contributed by atoms with van der Waals surface area (Å²) in [6, 6.07) is 3.82. The fourth-order valence-electron chi connectivity index (χ4n) is 2.04. The van der Waals surface area contributed by atoms with Gasteiger partial charge in [0.15, 0.2) is 0 Å². The van der Waals surface area contributed by atoms with Crippen LogP contribution in [0.3, 0.4) is 0 Å². The van der Waals surface area contributed by atoms with Gasteiger partial charge in [0.25, 0.3) is 5.91 Å². The van der Waals surface area contributed by atoms with Gasteiger partial charge in [0.05, 0.1) is 12.6 Å². The third-order valence-electron chi connectivity index (χ3n) is 3.13. The first-order chi connectivity index (χ1) is 8.72. The summed E-state index contributed by atoms with van der Waals surface area (Å²) in [7, 11) is 1.81. The Morgan fingerprint density at radius 1 is 1.67 bits per heavy atom. The van der Waals surface area contributed by atoms with Crippen LogP contribution in [0.15, 0.2) is 18.3 Å². The summed E-state index contributed by atoms with van der Waals surface area (Å²) < 4.78 is 5.30. The number of ether oxygens (including phenoxy) is 1. The van der Waals surface area contributed by atoms with E-state index in [1.807, 2.05) is 20.0 Å². The second kappa shape index (κ2) is 5.82. The molecule has 18 heavy (non-hydrogen) atoms.